The van der Waals surface area contributed by atoms with E-state index in [1.54, 1.807) is 18.5 Å². The summed E-state index contributed by atoms with van der Waals surface area (Å²) in [5, 5.41) is 10.5. The molecule has 0 bridgehead atoms. The lowest BCUT2D eigenvalue weighted by atomic mass is 9.85. The highest BCUT2D eigenvalue weighted by molar-refractivity contribution is 7.88. The Bertz CT molecular complexity index is 2170. The van der Waals surface area contributed by atoms with E-state index in [9.17, 15) is 17.6 Å². The number of fused-ring (bicyclic) bond motifs is 2. The smallest absolute Gasteiger partial charge is 0.227 e. The maximum absolute atomic E-state index is 14.6. The topological polar surface area (TPSA) is 158 Å². The van der Waals surface area contributed by atoms with E-state index in [1.165, 1.54) is 12.1 Å². The molecule has 4 heterocycles. The van der Waals surface area contributed by atoms with Crippen LogP contribution in [-0.2, 0) is 21.4 Å². The molecule has 1 amide bonds. The Hall–Kier alpha value is -5.01. The zero-order chi connectivity index (χ0) is 30.4. The van der Waals surface area contributed by atoms with E-state index in [0.29, 0.717) is 61.7 Å². The summed E-state index contributed by atoms with van der Waals surface area (Å²) in [5.74, 6) is 0.0564. The fourth-order valence-electron chi connectivity index (χ4n) is 5.29. The number of carbonyl (C=O) groups is 1. The Morgan fingerprint density at radius 2 is 1.86 bits per heavy atom. The van der Waals surface area contributed by atoms with Gasteiger partial charge in [-0.25, -0.2) is 27.5 Å². The van der Waals surface area contributed by atoms with Crippen molar-refractivity contribution in [2.45, 2.75) is 25.8 Å². The standard InChI is InChI=1S/C31H27FN8O3S/c1-44(42,43)34-14-17-10-19(12-21(32)11-17)23-6-3-7-25-27(23)38-30(37-25)29-28-26(39-40-29)9-8-24(36-28)20-13-22(16-33-15-20)35-31(41)18-4-2-5-18/h3,6-13,15-16,18,34H,2,4-5,14H2,1H3,(H,35,41)(H,37,38)(H,39,40). The van der Waals surface area contributed by atoms with Crippen LogP contribution in [0.4, 0.5) is 10.1 Å². The van der Waals surface area contributed by atoms with Crippen LogP contribution < -0.4 is 10.0 Å². The summed E-state index contributed by atoms with van der Waals surface area (Å²) in [7, 11) is -3.44. The third kappa shape index (κ3) is 5.54. The van der Waals surface area contributed by atoms with E-state index < -0.39 is 15.8 Å². The highest BCUT2D eigenvalue weighted by Crippen LogP contribution is 2.33. The molecule has 7 rings (SSSR count). The van der Waals surface area contributed by atoms with Crippen molar-refractivity contribution in [3.05, 3.63) is 78.4 Å². The Morgan fingerprint density at radius 1 is 1.00 bits per heavy atom. The van der Waals surface area contributed by atoms with Gasteiger partial charge < -0.3 is 10.3 Å². The van der Waals surface area contributed by atoms with E-state index in [0.717, 1.165) is 31.1 Å². The lowest BCUT2D eigenvalue weighted by Crippen LogP contribution is -2.28. The Balaban J connectivity index is 1.23. The number of nitrogens with zero attached hydrogens (tertiary/aromatic N) is 4. The average Bonchev–Trinajstić information content (AvgIpc) is 3.58. The van der Waals surface area contributed by atoms with Crippen molar-refractivity contribution in [2.75, 3.05) is 11.6 Å². The van der Waals surface area contributed by atoms with Gasteiger partial charge in [-0.15, -0.1) is 0 Å². The first kappa shape index (κ1) is 27.8. The molecule has 1 fully saturated rings. The van der Waals surface area contributed by atoms with E-state index in [2.05, 4.69) is 30.2 Å². The predicted molar refractivity (Wildman–Crippen MR) is 165 cm³/mol. The van der Waals surface area contributed by atoms with Gasteiger partial charge in [-0.05, 0) is 66.4 Å². The van der Waals surface area contributed by atoms with Crippen molar-refractivity contribution in [3.63, 3.8) is 0 Å². The molecule has 4 N–H and O–H groups in total. The zero-order valence-corrected chi connectivity index (χ0v) is 24.4. The molecule has 13 heteroatoms. The van der Waals surface area contributed by atoms with E-state index in [-0.39, 0.29) is 18.4 Å². The zero-order valence-electron chi connectivity index (χ0n) is 23.6. The van der Waals surface area contributed by atoms with Gasteiger partial charge in [0.25, 0.3) is 0 Å². The van der Waals surface area contributed by atoms with Gasteiger partial charge in [-0.1, -0.05) is 18.6 Å². The highest BCUT2D eigenvalue weighted by Gasteiger charge is 2.25. The fourth-order valence-corrected chi connectivity index (χ4v) is 5.72. The van der Waals surface area contributed by atoms with Gasteiger partial charge in [-0.2, -0.15) is 5.10 Å². The second-order valence-electron chi connectivity index (χ2n) is 11.0. The summed E-state index contributed by atoms with van der Waals surface area (Å²) in [6.45, 7) is -0.0377. The third-order valence-electron chi connectivity index (χ3n) is 7.73. The minimum Gasteiger partial charge on any atom is -0.336 e. The van der Waals surface area contributed by atoms with Crippen LogP contribution >= 0.6 is 0 Å². The van der Waals surface area contributed by atoms with Crippen molar-refractivity contribution in [3.8, 4) is 33.9 Å². The summed E-state index contributed by atoms with van der Waals surface area (Å²) in [4.78, 5) is 29.8. The van der Waals surface area contributed by atoms with Crippen LogP contribution in [0.3, 0.4) is 0 Å². The van der Waals surface area contributed by atoms with Crippen molar-refractivity contribution in [1.82, 2.24) is 34.9 Å². The minimum atomic E-state index is -3.44. The molecule has 0 radical (unpaired) electrons. The number of H-pyrrole nitrogens is 2. The number of aromatic amines is 2. The Kier molecular flexibility index (Phi) is 6.90. The molecule has 0 unspecified atom stereocenters. The van der Waals surface area contributed by atoms with E-state index in [1.807, 2.05) is 36.4 Å². The number of hydrogen-bond donors (Lipinski definition) is 4. The quantitative estimate of drug-likeness (QED) is 0.185. The van der Waals surface area contributed by atoms with Crippen LogP contribution in [0.15, 0.2) is 67.0 Å². The first-order valence-electron chi connectivity index (χ1n) is 14.1. The van der Waals surface area contributed by atoms with Gasteiger partial charge in [0.15, 0.2) is 11.5 Å². The minimum absolute atomic E-state index is 0.0139. The number of nitrogens with one attached hydrogen (secondary N) is 4. The van der Waals surface area contributed by atoms with Crippen LogP contribution in [0.1, 0.15) is 24.8 Å². The van der Waals surface area contributed by atoms with Crippen molar-refractivity contribution >= 4 is 43.7 Å². The van der Waals surface area contributed by atoms with E-state index in [4.69, 9.17) is 9.97 Å². The van der Waals surface area contributed by atoms with Crippen molar-refractivity contribution in [1.29, 1.82) is 0 Å². The number of amides is 1. The molecule has 1 aliphatic carbocycles. The second kappa shape index (κ2) is 10.9. The van der Waals surface area contributed by atoms with Crippen LogP contribution in [-0.4, -0.2) is 50.7 Å². The summed E-state index contributed by atoms with van der Waals surface area (Å²) in [6, 6.07) is 15.5. The molecule has 0 spiro atoms. The first-order chi connectivity index (χ1) is 21.2. The molecule has 1 saturated carbocycles. The second-order valence-corrected chi connectivity index (χ2v) is 12.8. The van der Waals surface area contributed by atoms with Crippen molar-refractivity contribution in [2.24, 2.45) is 5.92 Å². The number of carbonyl (C=O) groups excluding carboxylic acids is 1. The molecule has 0 atom stereocenters. The molecule has 4 aromatic heterocycles. The number of aromatic nitrogens is 6. The number of sulfonamides is 1. The molecule has 11 nitrogen and oxygen atoms in total. The summed E-state index contributed by atoms with van der Waals surface area (Å²) >= 11 is 0. The van der Waals surface area contributed by atoms with Crippen LogP contribution in [0.5, 0.6) is 0 Å². The maximum Gasteiger partial charge on any atom is 0.227 e. The molecular weight excluding hydrogens is 583 g/mol. The number of imidazole rings is 1. The number of halogens is 1. The van der Waals surface area contributed by atoms with Gasteiger partial charge in [0.1, 0.15) is 11.3 Å². The number of para-hydroxylation sites is 1. The fraction of sp³-hybridized carbons (Fsp3) is 0.194. The Labute approximate surface area is 251 Å². The average molecular weight is 611 g/mol. The summed E-state index contributed by atoms with van der Waals surface area (Å²) in [5.41, 5.74) is 6.83. The van der Waals surface area contributed by atoms with Crippen molar-refractivity contribution < 1.29 is 17.6 Å². The molecule has 0 saturated heterocycles. The van der Waals surface area contributed by atoms with Gasteiger partial charge in [0.2, 0.25) is 15.9 Å². The largest absolute Gasteiger partial charge is 0.336 e. The monoisotopic (exact) mass is 610 g/mol. The number of pyridine rings is 2. The van der Waals surface area contributed by atoms with Gasteiger partial charge >= 0.3 is 0 Å². The Morgan fingerprint density at radius 3 is 2.66 bits per heavy atom. The number of anilines is 1. The van der Waals surface area contributed by atoms with Crippen LogP contribution in [0.25, 0.3) is 56.0 Å². The van der Waals surface area contributed by atoms with Crippen LogP contribution in [0.2, 0.25) is 0 Å². The number of hydrogen-bond acceptors (Lipinski definition) is 7. The van der Waals surface area contributed by atoms with E-state index >= 15 is 0 Å². The first-order valence-corrected chi connectivity index (χ1v) is 15.9. The SMILES string of the molecule is CS(=O)(=O)NCc1cc(F)cc(-c2cccc3[nH]c(-c4n[nH]c5ccc(-c6cncc(NC(=O)C7CCC7)c6)nc45)nc23)c1. The lowest BCUT2D eigenvalue weighted by molar-refractivity contribution is -0.122. The lowest BCUT2D eigenvalue weighted by Gasteiger charge is -2.24. The molecule has 44 heavy (non-hydrogen) atoms. The van der Waals surface area contributed by atoms with Gasteiger partial charge in [0.05, 0.1) is 40.4 Å². The normalized spacial score (nSPS) is 13.8. The number of benzene rings is 2. The molecule has 2 aromatic carbocycles. The molecular formula is C31H27FN8O3S. The summed E-state index contributed by atoms with van der Waals surface area (Å²) < 4.78 is 40.1. The third-order valence-corrected chi connectivity index (χ3v) is 8.40. The molecule has 0 aliphatic heterocycles. The highest BCUT2D eigenvalue weighted by atomic mass is 32.2. The van der Waals surface area contributed by atoms with Crippen LogP contribution in [0, 0.1) is 11.7 Å². The molecule has 222 valence electrons. The summed E-state index contributed by atoms with van der Waals surface area (Å²) in [6.07, 6.45) is 7.28. The number of rotatable bonds is 8. The van der Waals surface area contributed by atoms with Gasteiger partial charge in [0, 0.05) is 29.8 Å². The van der Waals surface area contributed by atoms with Gasteiger partial charge in [-0.3, -0.25) is 14.9 Å². The molecule has 1 aliphatic rings. The molecule has 6 aromatic rings. The predicted octanol–water partition coefficient (Wildman–Crippen LogP) is 5.16. The maximum atomic E-state index is 14.6.